The smallest absolute Gasteiger partial charge is 0.178 e. The maximum Gasteiger partial charge on any atom is 0.178 e. The number of nitrogens with one attached hydrogen (secondary N) is 1. The van der Waals surface area contributed by atoms with Gasteiger partial charge in [0.05, 0.1) is 27.1 Å². The molecule has 0 saturated heterocycles. The molecule has 1 heterocycles. The molecule has 0 spiro atoms. The highest BCUT2D eigenvalue weighted by Crippen LogP contribution is 2.32. The fourth-order valence-electron chi connectivity index (χ4n) is 2.46. The standard InChI is InChI=1S/C15H11Cl3N2S/c1-8(9-4-2-3-5-10(9)16)20-14-7-12(18)11(17)6-13(14)19-15(20)21/h2-8H,1H3,(H,19,21). The normalized spacial score (nSPS) is 12.8. The number of aromatic amines is 1. The van der Waals surface area contributed by atoms with Gasteiger partial charge in [0.2, 0.25) is 0 Å². The molecule has 3 rings (SSSR count). The van der Waals surface area contributed by atoms with E-state index in [2.05, 4.69) is 4.98 Å². The summed E-state index contributed by atoms with van der Waals surface area (Å²) in [7, 11) is 0. The number of hydrogen-bond donors (Lipinski definition) is 1. The van der Waals surface area contributed by atoms with E-state index in [4.69, 9.17) is 47.0 Å². The van der Waals surface area contributed by atoms with Crippen molar-refractivity contribution in [1.82, 2.24) is 9.55 Å². The van der Waals surface area contributed by atoms with Crippen LogP contribution in [0.1, 0.15) is 18.5 Å². The molecule has 0 bridgehead atoms. The van der Waals surface area contributed by atoms with Crippen molar-refractivity contribution in [3.8, 4) is 0 Å². The van der Waals surface area contributed by atoms with E-state index < -0.39 is 0 Å². The van der Waals surface area contributed by atoms with Crippen LogP contribution in [0.3, 0.4) is 0 Å². The van der Waals surface area contributed by atoms with Crippen LogP contribution in [0.15, 0.2) is 36.4 Å². The minimum atomic E-state index is -0.0165. The molecule has 108 valence electrons. The summed E-state index contributed by atoms with van der Waals surface area (Å²) in [6.45, 7) is 2.05. The summed E-state index contributed by atoms with van der Waals surface area (Å²) in [4.78, 5) is 3.16. The predicted molar refractivity (Wildman–Crippen MR) is 92.4 cm³/mol. The van der Waals surface area contributed by atoms with E-state index in [0.29, 0.717) is 19.8 Å². The van der Waals surface area contributed by atoms with E-state index in [1.807, 2.05) is 41.8 Å². The van der Waals surface area contributed by atoms with Crippen molar-refractivity contribution in [3.05, 3.63) is 61.8 Å². The summed E-state index contributed by atoms with van der Waals surface area (Å²) in [6.07, 6.45) is 0. The number of hydrogen-bond acceptors (Lipinski definition) is 1. The maximum absolute atomic E-state index is 6.29. The van der Waals surface area contributed by atoms with Crippen molar-refractivity contribution in [2.24, 2.45) is 0 Å². The molecule has 3 aromatic rings. The van der Waals surface area contributed by atoms with Crippen LogP contribution < -0.4 is 0 Å². The lowest BCUT2D eigenvalue weighted by atomic mass is 10.1. The Labute approximate surface area is 142 Å². The molecule has 0 aliphatic rings. The molecular weight excluding hydrogens is 347 g/mol. The van der Waals surface area contributed by atoms with Crippen LogP contribution in [0.4, 0.5) is 0 Å². The first-order valence-corrected chi connectivity index (χ1v) is 7.87. The van der Waals surface area contributed by atoms with Gasteiger partial charge in [-0.15, -0.1) is 0 Å². The zero-order chi connectivity index (χ0) is 15.1. The van der Waals surface area contributed by atoms with Crippen LogP contribution in [0, 0.1) is 4.77 Å². The third-order valence-electron chi connectivity index (χ3n) is 3.50. The van der Waals surface area contributed by atoms with Gasteiger partial charge in [0.15, 0.2) is 4.77 Å². The van der Waals surface area contributed by atoms with Gasteiger partial charge >= 0.3 is 0 Å². The minimum absolute atomic E-state index is 0.0165. The average molecular weight is 358 g/mol. The van der Waals surface area contributed by atoms with E-state index in [9.17, 15) is 0 Å². The molecule has 0 radical (unpaired) electrons. The number of H-pyrrole nitrogens is 1. The Morgan fingerprint density at radius 3 is 2.43 bits per heavy atom. The Morgan fingerprint density at radius 2 is 1.71 bits per heavy atom. The molecule has 21 heavy (non-hydrogen) atoms. The van der Waals surface area contributed by atoms with Crippen molar-refractivity contribution in [2.45, 2.75) is 13.0 Å². The van der Waals surface area contributed by atoms with E-state index in [0.717, 1.165) is 16.6 Å². The average Bonchev–Trinajstić information content (AvgIpc) is 2.74. The predicted octanol–water partition coefficient (Wildman–Crippen LogP) is 6.27. The van der Waals surface area contributed by atoms with Crippen LogP contribution in [0.5, 0.6) is 0 Å². The van der Waals surface area contributed by atoms with E-state index in [1.54, 1.807) is 6.07 Å². The number of aromatic nitrogens is 2. The first-order valence-electron chi connectivity index (χ1n) is 6.32. The van der Waals surface area contributed by atoms with Crippen LogP contribution in [0.25, 0.3) is 11.0 Å². The number of imidazole rings is 1. The van der Waals surface area contributed by atoms with Crippen LogP contribution in [0.2, 0.25) is 15.1 Å². The molecule has 6 heteroatoms. The Bertz CT molecular complexity index is 882. The molecule has 0 aliphatic heterocycles. The van der Waals surface area contributed by atoms with Gasteiger partial charge in [-0.1, -0.05) is 53.0 Å². The number of rotatable bonds is 2. The molecule has 2 nitrogen and oxygen atoms in total. The monoisotopic (exact) mass is 356 g/mol. The minimum Gasteiger partial charge on any atom is -0.331 e. The molecule has 2 aromatic carbocycles. The summed E-state index contributed by atoms with van der Waals surface area (Å²) >= 11 is 23.9. The fraction of sp³-hybridized carbons (Fsp3) is 0.133. The highest BCUT2D eigenvalue weighted by atomic mass is 35.5. The summed E-state index contributed by atoms with van der Waals surface area (Å²) in [5.41, 5.74) is 2.76. The molecule has 1 aromatic heterocycles. The maximum atomic E-state index is 6.29. The third-order valence-corrected chi connectivity index (χ3v) is 4.87. The molecule has 0 fully saturated rings. The first kappa shape index (κ1) is 14.9. The van der Waals surface area contributed by atoms with Crippen molar-refractivity contribution in [2.75, 3.05) is 0 Å². The Morgan fingerprint density at radius 1 is 1.05 bits per heavy atom. The fourth-order valence-corrected chi connectivity index (χ4v) is 3.44. The largest absolute Gasteiger partial charge is 0.331 e. The van der Waals surface area contributed by atoms with Crippen molar-refractivity contribution < 1.29 is 0 Å². The van der Waals surface area contributed by atoms with E-state index in [1.165, 1.54) is 0 Å². The Balaban J connectivity index is 2.25. The molecular formula is C15H11Cl3N2S. The van der Waals surface area contributed by atoms with Gasteiger partial charge in [0, 0.05) is 5.02 Å². The topological polar surface area (TPSA) is 20.7 Å². The van der Waals surface area contributed by atoms with Gasteiger partial charge in [-0.05, 0) is 42.9 Å². The molecule has 0 saturated carbocycles. The van der Waals surface area contributed by atoms with Gasteiger partial charge in [0.1, 0.15) is 0 Å². The zero-order valence-electron chi connectivity index (χ0n) is 11.0. The second-order valence-electron chi connectivity index (χ2n) is 4.78. The highest BCUT2D eigenvalue weighted by Gasteiger charge is 2.16. The Hall–Kier alpha value is -1.000. The van der Waals surface area contributed by atoms with Gasteiger partial charge in [0.25, 0.3) is 0 Å². The summed E-state index contributed by atoms with van der Waals surface area (Å²) < 4.78 is 2.60. The zero-order valence-corrected chi connectivity index (χ0v) is 14.1. The van der Waals surface area contributed by atoms with Crippen molar-refractivity contribution in [3.63, 3.8) is 0 Å². The third kappa shape index (κ3) is 2.59. The van der Waals surface area contributed by atoms with Crippen molar-refractivity contribution >= 4 is 58.1 Å². The van der Waals surface area contributed by atoms with Crippen molar-refractivity contribution in [1.29, 1.82) is 0 Å². The SMILES string of the molecule is CC(c1ccccc1Cl)n1c(=S)[nH]c2cc(Cl)c(Cl)cc21. The second-order valence-corrected chi connectivity index (χ2v) is 6.39. The molecule has 1 N–H and O–H groups in total. The van der Waals surface area contributed by atoms with Crippen LogP contribution in [-0.2, 0) is 0 Å². The van der Waals surface area contributed by atoms with Gasteiger partial charge < -0.3 is 9.55 Å². The number of benzene rings is 2. The van der Waals surface area contributed by atoms with E-state index in [-0.39, 0.29) is 6.04 Å². The second kappa shape index (κ2) is 5.65. The molecule has 1 atom stereocenters. The van der Waals surface area contributed by atoms with Crippen LogP contribution >= 0.6 is 47.0 Å². The highest BCUT2D eigenvalue weighted by molar-refractivity contribution is 7.71. The molecule has 1 unspecified atom stereocenters. The summed E-state index contributed by atoms with van der Waals surface area (Å²) in [5, 5.41) is 1.71. The van der Waals surface area contributed by atoms with Gasteiger partial charge in [-0.2, -0.15) is 0 Å². The number of halogens is 3. The lowest BCUT2D eigenvalue weighted by molar-refractivity contribution is 0.649. The molecule has 0 aliphatic carbocycles. The first-order chi connectivity index (χ1) is 9.99. The Kier molecular flexibility index (Phi) is 4.02. The van der Waals surface area contributed by atoms with Crippen LogP contribution in [-0.4, -0.2) is 9.55 Å². The lowest BCUT2D eigenvalue weighted by Crippen LogP contribution is -2.07. The van der Waals surface area contributed by atoms with Gasteiger partial charge in [-0.25, -0.2) is 0 Å². The van der Waals surface area contributed by atoms with Gasteiger partial charge in [-0.3, -0.25) is 0 Å². The number of nitrogens with zero attached hydrogens (tertiary/aromatic N) is 1. The number of fused-ring (bicyclic) bond motifs is 1. The lowest BCUT2D eigenvalue weighted by Gasteiger charge is -2.16. The summed E-state index contributed by atoms with van der Waals surface area (Å²) in [6, 6.07) is 11.3. The molecule has 0 amide bonds. The van der Waals surface area contributed by atoms with E-state index >= 15 is 0 Å². The quantitative estimate of drug-likeness (QED) is 0.536. The summed E-state index contributed by atoms with van der Waals surface area (Å²) in [5.74, 6) is 0.